The van der Waals surface area contributed by atoms with Crippen LogP contribution in [0.3, 0.4) is 0 Å². The van der Waals surface area contributed by atoms with Gasteiger partial charge in [0.1, 0.15) is 5.84 Å². The van der Waals surface area contributed by atoms with Crippen molar-refractivity contribution in [3.8, 4) is 12.3 Å². The Labute approximate surface area is 90.9 Å². The summed E-state index contributed by atoms with van der Waals surface area (Å²) >= 11 is 0. The third-order valence-electron chi connectivity index (χ3n) is 2.89. The van der Waals surface area contributed by atoms with Gasteiger partial charge in [0.25, 0.3) is 0 Å². The van der Waals surface area contributed by atoms with Gasteiger partial charge in [-0.2, -0.15) is 0 Å². The molecule has 15 heavy (non-hydrogen) atoms. The predicted molar refractivity (Wildman–Crippen MR) is 60.6 cm³/mol. The second-order valence-electron chi connectivity index (χ2n) is 4.46. The Morgan fingerprint density at radius 2 is 2.40 bits per heavy atom. The first-order valence-electron chi connectivity index (χ1n) is 5.25. The number of nitrogens with two attached hydrogens (primary N) is 1. The third kappa shape index (κ3) is 3.80. The molecule has 1 fully saturated rings. The lowest BCUT2D eigenvalue weighted by Gasteiger charge is -2.18. The zero-order valence-electron chi connectivity index (χ0n) is 9.16. The molecule has 4 heteroatoms. The van der Waals surface area contributed by atoms with Gasteiger partial charge in [-0.1, -0.05) is 5.16 Å². The largest absolute Gasteiger partial charge is 0.409 e. The van der Waals surface area contributed by atoms with Gasteiger partial charge < -0.3 is 16.3 Å². The second kappa shape index (κ2) is 5.04. The van der Waals surface area contributed by atoms with Gasteiger partial charge in [-0.25, -0.2) is 0 Å². The van der Waals surface area contributed by atoms with E-state index in [9.17, 15) is 0 Å². The van der Waals surface area contributed by atoms with Crippen LogP contribution in [0.2, 0.25) is 0 Å². The van der Waals surface area contributed by atoms with Crippen molar-refractivity contribution in [1.29, 1.82) is 0 Å². The molecule has 0 heterocycles. The van der Waals surface area contributed by atoms with E-state index < -0.39 is 0 Å². The first kappa shape index (κ1) is 11.9. The number of hydrogen-bond acceptors (Lipinski definition) is 3. The van der Waals surface area contributed by atoms with Gasteiger partial charge in [0.2, 0.25) is 0 Å². The second-order valence-corrected chi connectivity index (χ2v) is 4.46. The highest BCUT2D eigenvalue weighted by molar-refractivity contribution is 5.80. The molecular formula is C11H19N3O. The van der Waals surface area contributed by atoms with E-state index in [0.717, 1.165) is 25.8 Å². The molecule has 0 aliphatic heterocycles. The predicted octanol–water partition coefficient (Wildman–Crippen LogP) is 0.904. The standard InChI is InChI=1S/C11H19N3O/c1-3-4-9(2)13-8-11(5-6-11)7-10(12)14-15/h1,9,13,15H,4-8H2,2H3,(H2,12,14). The minimum absolute atomic E-state index is 0.208. The van der Waals surface area contributed by atoms with Crippen LogP contribution in [-0.4, -0.2) is 23.6 Å². The van der Waals surface area contributed by atoms with Gasteiger partial charge in [0.05, 0.1) is 0 Å². The maximum absolute atomic E-state index is 8.50. The zero-order chi connectivity index (χ0) is 11.3. The number of nitrogens with zero attached hydrogens (tertiary/aromatic N) is 1. The van der Waals surface area contributed by atoms with Gasteiger partial charge >= 0.3 is 0 Å². The van der Waals surface area contributed by atoms with E-state index in [-0.39, 0.29) is 5.41 Å². The Morgan fingerprint density at radius 3 is 2.87 bits per heavy atom. The molecule has 1 aliphatic rings. The van der Waals surface area contributed by atoms with Gasteiger partial charge in [-0.3, -0.25) is 0 Å². The normalized spacial score (nSPS) is 20.7. The molecule has 0 aromatic carbocycles. The van der Waals surface area contributed by atoms with E-state index >= 15 is 0 Å². The molecule has 0 radical (unpaired) electrons. The summed E-state index contributed by atoms with van der Waals surface area (Å²) in [6.45, 7) is 2.96. The van der Waals surface area contributed by atoms with Crippen molar-refractivity contribution in [2.45, 2.75) is 38.6 Å². The fourth-order valence-corrected chi connectivity index (χ4v) is 1.65. The van der Waals surface area contributed by atoms with Crippen molar-refractivity contribution < 1.29 is 5.21 Å². The van der Waals surface area contributed by atoms with Crippen LogP contribution in [0.5, 0.6) is 0 Å². The Hall–Kier alpha value is -1.21. The summed E-state index contributed by atoms with van der Waals surface area (Å²) in [7, 11) is 0. The number of hydrogen-bond donors (Lipinski definition) is 3. The zero-order valence-corrected chi connectivity index (χ0v) is 9.16. The van der Waals surface area contributed by atoms with Crippen molar-refractivity contribution in [2.75, 3.05) is 6.54 Å². The summed E-state index contributed by atoms with van der Waals surface area (Å²) in [4.78, 5) is 0. The minimum Gasteiger partial charge on any atom is -0.409 e. The maximum atomic E-state index is 8.50. The number of oxime groups is 1. The van der Waals surface area contributed by atoms with Crippen LogP contribution < -0.4 is 11.1 Å². The van der Waals surface area contributed by atoms with Gasteiger partial charge in [-0.15, -0.1) is 12.3 Å². The minimum atomic E-state index is 0.208. The molecule has 0 aromatic heterocycles. The van der Waals surface area contributed by atoms with E-state index in [4.69, 9.17) is 17.4 Å². The van der Waals surface area contributed by atoms with Crippen molar-refractivity contribution in [3.05, 3.63) is 0 Å². The molecule has 1 saturated carbocycles. The summed E-state index contributed by atoms with van der Waals surface area (Å²) in [6.07, 6.45) is 8.90. The molecule has 84 valence electrons. The first-order chi connectivity index (χ1) is 7.12. The summed E-state index contributed by atoms with van der Waals surface area (Å²) in [6, 6.07) is 0.333. The number of terminal acetylenes is 1. The van der Waals surface area contributed by atoms with Crippen LogP contribution in [0.15, 0.2) is 5.16 Å². The molecule has 0 aromatic rings. The number of nitrogens with one attached hydrogen (secondary N) is 1. The van der Waals surface area contributed by atoms with Gasteiger partial charge in [0, 0.05) is 25.4 Å². The summed E-state index contributed by atoms with van der Waals surface area (Å²) in [5, 5.41) is 14.9. The average Bonchev–Trinajstić information content (AvgIpc) is 2.96. The Morgan fingerprint density at radius 1 is 1.73 bits per heavy atom. The van der Waals surface area contributed by atoms with Crippen molar-refractivity contribution in [2.24, 2.45) is 16.3 Å². The fourth-order valence-electron chi connectivity index (χ4n) is 1.65. The first-order valence-corrected chi connectivity index (χ1v) is 5.25. The molecule has 1 aliphatic carbocycles. The molecule has 0 amide bonds. The highest BCUT2D eigenvalue weighted by Crippen LogP contribution is 2.48. The number of rotatable bonds is 6. The topological polar surface area (TPSA) is 70.6 Å². The Balaban J connectivity index is 2.29. The van der Waals surface area contributed by atoms with Crippen molar-refractivity contribution in [3.63, 3.8) is 0 Å². The lowest BCUT2D eigenvalue weighted by atomic mass is 10.0. The van der Waals surface area contributed by atoms with Gasteiger partial charge in [-0.05, 0) is 25.2 Å². The smallest absolute Gasteiger partial charge is 0.139 e. The molecule has 4 nitrogen and oxygen atoms in total. The van der Waals surface area contributed by atoms with Crippen molar-refractivity contribution in [1.82, 2.24) is 5.32 Å². The highest BCUT2D eigenvalue weighted by atomic mass is 16.4. The molecule has 0 spiro atoms. The van der Waals surface area contributed by atoms with Crippen LogP contribution in [0.1, 0.15) is 32.6 Å². The molecule has 1 unspecified atom stereocenters. The monoisotopic (exact) mass is 209 g/mol. The van der Waals surface area contributed by atoms with E-state index in [1.165, 1.54) is 0 Å². The lowest BCUT2D eigenvalue weighted by molar-refractivity contribution is 0.313. The summed E-state index contributed by atoms with van der Waals surface area (Å²) in [5.74, 6) is 2.94. The highest BCUT2D eigenvalue weighted by Gasteiger charge is 2.43. The molecule has 0 saturated heterocycles. The summed E-state index contributed by atoms with van der Waals surface area (Å²) in [5.41, 5.74) is 5.71. The lowest BCUT2D eigenvalue weighted by Crippen LogP contribution is -2.33. The van der Waals surface area contributed by atoms with E-state index in [1.54, 1.807) is 0 Å². The van der Waals surface area contributed by atoms with E-state index in [1.807, 2.05) is 0 Å². The third-order valence-corrected chi connectivity index (χ3v) is 2.89. The Bertz CT molecular complexity index is 276. The summed E-state index contributed by atoms with van der Waals surface area (Å²) < 4.78 is 0. The quantitative estimate of drug-likeness (QED) is 0.200. The van der Waals surface area contributed by atoms with Crippen LogP contribution in [0.4, 0.5) is 0 Å². The van der Waals surface area contributed by atoms with Crippen LogP contribution in [0.25, 0.3) is 0 Å². The van der Waals surface area contributed by atoms with Crippen LogP contribution in [-0.2, 0) is 0 Å². The average molecular weight is 209 g/mol. The molecule has 4 N–H and O–H groups in total. The van der Waals surface area contributed by atoms with Gasteiger partial charge in [0.15, 0.2) is 0 Å². The number of amidine groups is 1. The van der Waals surface area contributed by atoms with Crippen LogP contribution >= 0.6 is 0 Å². The van der Waals surface area contributed by atoms with E-state index in [0.29, 0.717) is 18.3 Å². The van der Waals surface area contributed by atoms with Crippen LogP contribution in [0, 0.1) is 17.8 Å². The molecule has 0 bridgehead atoms. The molecular weight excluding hydrogens is 190 g/mol. The molecule has 1 atom stereocenters. The SMILES string of the molecule is C#CCC(C)NCC1(CC(N)=NO)CC1. The fraction of sp³-hybridized carbons (Fsp3) is 0.727. The van der Waals surface area contributed by atoms with E-state index in [2.05, 4.69) is 23.3 Å². The molecule has 1 rings (SSSR count). The van der Waals surface area contributed by atoms with Crippen molar-refractivity contribution >= 4 is 5.84 Å². The maximum Gasteiger partial charge on any atom is 0.139 e. The Kier molecular flexibility index (Phi) is 3.98.